The molecular formula is C15H16N2S. The molecule has 3 rings (SSSR count). The van der Waals surface area contributed by atoms with Crippen LogP contribution in [0.4, 0.5) is 5.69 Å². The Morgan fingerprint density at radius 2 is 2.17 bits per heavy atom. The van der Waals surface area contributed by atoms with Crippen molar-refractivity contribution in [3.63, 3.8) is 0 Å². The maximum atomic E-state index is 3.47. The Bertz CT molecular complexity index is 651. The number of aryl methyl sites for hydroxylation is 1. The van der Waals surface area contributed by atoms with Crippen molar-refractivity contribution in [2.75, 3.05) is 5.32 Å². The Kier molecular flexibility index (Phi) is 3.07. The molecular weight excluding hydrogens is 240 g/mol. The highest BCUT2D eigenvalue weighted by molar-refractivity contribution is 7.17. The van der Waals surface area contributed by atoms with Gasteiger partial charge in [0.1, 0.15) is 0 Å². The van der Waals surface area contributed by atoms with Crippen molar-refractivity contribution in [2.24, 2.45) is 0 Å². The van der Waals surface area contributed by atoms with Crippen LogP contribution in [0.3, 0.4) is 0 Å². The van der Waals surface area contributed by atoms with Crippen LogP contribution in [0.1, 0.15) is 12.5 Å². The van der Waals surface area contributed by atoms with E-state index in [0.29, 0.717) is 0 Å². The Morgan fingerprint density at radius 1 is 1.22 bits per heavy atom. The molecule has 1 N–H and O–H groups in total. The maximum Gasteiger partial charge on any atom is 0.0415 e. The summed E-state index contributed by atoms with van der Waals surface area (Å²) >= 11 is 1.79. The van der Waals surface area contributed by atoms with Gasteiger partial charge in [0.2, 0.25) is 0 Å². The van der Waals surface area contributed by atoms with Gasteiger partial charge in [-0.3, -0.25) is 0 Å². The smallest absolute Gasteiger partial charge is 0.0415 e. The van der Waals surface area contributed by atoms with Gasteiger partial charge in [-0.2, -0.15) is 0 Å². The van der Waals surface area contributed by atoms with Crippen LogP contribution in [0.5, 0.6) is 0 Å². The van der Waals surface area contributed by atoms with Crippen molar-refractivity contribution in [1.82, 2.24) is 4.57 Å². The van der Waals surface area contributed by atoms with E-state index in [9.17, 15) is 0 Å². The summed E-state index contributed by atoms with van der Waals surface area (Å²) in [5.74, 6) is 0. The number of fused-ring (bicyclic) bond motifs is 1. The lowest BCUT2D eigenvalue weighted by Gasteiger charge is -2.05. The molecule has 2 nitrogen and oxygen atoms in total. The van der Waals surface area contributed by atoms with Crippen LogP contribution in [-0.2, 0) is 13.1 Å². The Labute approximate surface area is 111 Å². The average Bonchev–Trinajstić information content (AvgIpc) is 3.04. The molecule has 2 aromatic heterocycles. The number of hydrogen-bond donors (Lipinski definition) is 1. The first-order chi connectivity index (χ1) is 8.85. The molecule has 0 radical (unpaired) electrons. The predicted octanol–water partition coefficient (Wildman–Crippen LogP) is 4.33. The van der Waals surface area contributed by atoms with Crippen LogP contribution in [0.2, 0.25) is 0 Å². The van der Waals surface area contributed by atoms with E-state index in [-0.39, 0.29) is 0 Å². The van der Waals surface area contributed by atoms with Crippen LogP contribution in [0, 0.1) is 0 Å². The average molecular weight is 256 g/mol. The summed E-state index contributed by atoms with van der Waals surface area (Å²) in [6, 6.07) is 10.9. The van der Waals surface area contributed by atoms with E-state index in [0.717, 1.165) is 13.1 Å². The first-order valence-corrected chi connectivity index (χ1v) is 7.09. The molecule has 92 valence electrons. The van der Waals surface area contributed by atoms with Crippen molar-refractivity contribution < 1.29 is 0 Å². The first-order valence-electron chi connectivity index (χ1n) is 6.21. The second-order valence-electron chi connectivity index (χ2n) is 4.38. The van der Waals surface area contributed by atoms with E-state index < -0.39 is 0 Å². The molecule has 2 heterocycles. The molecule has 0 bridgehead atoms. The highest BCUT2D eigenvalue weighted by atomic mass is 32.1. The third kappa shape index (κ3) is 2.27. The topological polar surface area (TPSA) is 17.0 Å². The normalized spacial score (nSPS) is 10.9. The number of aromatic nitrogens is 1. The summed E-state index contributed by atoms with van der Waals surface area (Å²) in [7, 11) is 0. The van der Waals surface area contributed by atoms with Crippen LogP contribution in [0.25, 0.3) is 10.1 Å². The molecule has 0 aliphatic heterocycles. The number of nitrogens with one attached hydrogen (secondary N) is 1. The largest absolute Gasteiger partial charge is 0.381 e. The van der Waals surface area contributed by atoms with Crippen LogP contribution >= 0.6 is 11.3 Å². The monoisotopic (exact) mass is 256 g/mol. The molecule has 0 atom stereocenters. The highest BCUT2D eigenvalue weighted by Gasteiger charge is 1.99. The fraction of sp³-hybridized carbons (Fsp3) is 0.200. The van der Waals surface area contributed by atoms with Crippen molar-refractivity contribution in [3.8, 4) is 0 Å². The quantitative estimate of drug-likeness (QED) is 0.735. The van der Waals surface area contributed by atoms with Gasteiger partial charge < -0.3 is 9.88 Å². The zero-order valence-corrected chi connectivity index (χ0v) is 11.2. The summed E-state index contributed by atoms with van der Waals surface area (Å²) in [6.45, 7) is 4.06. The molecule has 3 heteroatoms. The summed E-state index contributed by atoms with van der Waals surface area (Å²) < 4.78 is 3.54. The third-order valence-corrected chi connectivity index (χ3v) is 4.02. The fourth-order valence-corrected chi connectivity index (χ4v) is 2.84. The molecule has 0 unspecified atom stereocenters. The van der Waals surface area contributed by atoms with Crippen LogP contribution < -0.4 is 5.32 Å². The van der Waals surface area contributed by atoms with Crippen LogP contribution in [-0.4, -0.2) is 4.57 Å². The maximum absolute atomic E-state index is 3.47. The van der Waals surface area contributed by atoms with Gasteiger partial charge in [0.25, 0.3) is 0 Å². The van der Waals surface area contributed by atoms with E-state index in [1.165, 1.54) is 21.3 Å². The molecule has 0 amide bonds. The molecule has 3 aromatic rings. The summed E-state index contributed by atoms with van der Waals surface area (Å²) in [6.07, 6.45) is 4.31. The van der Waals surface area contributed by atoms with Crippen LogP contribution in [0.15, 0.2) is 48.1 Å². The molecule has 0 saturated heterocycles. The van der Waals surface area contributed by atoms with Crippen molar-refractivity contribution in [2.45, 2.75) is 20.0 Å². The van der Waals surface area contributed by atoms with Gasteiger partial charge in [0, 0.05) is 35.9 Å². The molecule has 0 fully saturated rings. The molecule has 0 spiro atoms. The second kappa shape index (κ2) is 4.86. The predicted molar refractivity (Wildman–Crippen MR) is 79.3 cm³/mol. The zero-order chi connectivity index (χ0) is 12.4. The van der Waals surface area contributed by atoms with E-state index in [4.69, 9.17) is 0 Å². The SMILES string of the molecule is CCn1ccc(CNc2ccc3sccc3c2)c1. The number of hydrogen-bond acceptors (Lipinski definition) is 2. The number of benzene rings is 1. The van der Waals surface area contributed by atoms with Gasteiger partial charge >= 0.3 is 0 Å². The van der Waals surface area contributed by atoms with Crippen molar-refractivity contribution in [3.05, 3.63) is 53.7 Å². The molecule has 0 aliphatic carbocycles. The van der Waals surface area contributed by atoms with E-state index in [1.54, 1.807) is 11.3 Å². The number of thiophene rings is 1. The second-order valence-corrected chi connectivity index (χ2v) is 5.32. The number of nitrogens with zero attached hydrogens (tertiary/aromatic N) is 1. The lowest BCUT2D eigenvalue weighted by atomic mass is 10.2. The minimum Gasteiger partial charge on any atom is -0.381 e. The van der Waals surface area contributed by atoms with Gasteiger partial charge in [-0.1, -0.05) is 0 Å². The Balaban J connectivity index is 1.72. The van der Waals surface area contributed by atoms with Gasteiger partial charge in [-0.15, -0.1) is 11.3 Å². The minimum atomic E-state index is 0.878. The van der Waals surface area contributed by atoms with E-state index in [1.807, 2.05) is 0 Å². The van der Waals surface area contributed by atoms with E-state index >= 15 is 0 Å². The summed E-state index contributed by atoms with van der Waals surface area (Å²) in [5, 5.41) is 6.92. The fourth-order valence-electron chi connectivity index (χ4n) is 2.07. The van der Waals surface area contributed by atoms with E-state index in [2.05, 4.69) is 64.9 Å². The molecule has 1 aromatic carbocycles. The van der Waals surface area contributed by atoms with Gasteiger partial charge in [-0.05, 0) is 53.6 Å². The Hall–Kier alpha value is -1.74. The Morgan fingerprint density at radius 3 is 3.00 bits per heavy atom. The summed E-state index contributed by atoms with van der Waals surface area (Å²) in [4.78, 5) is 0. The summed E-state index contributed by atoms with van der Waals surface area (Å²) in [5.41, 5.74) is 2.51. The zero-order valence-electron chi connectivity index (χ0n) is 10.4. The molecule has 0 saturated carbocycles. The van der Waals surface area contributed by atoms with Gasteiger partial charge in [-0.25, -0.2) is 0 Å². The lowest BCUT2D eigenvalue weighted by molar-refractivity contribution is 0.766. The minimum absolute atomic E-state index is 0.878. The van der Waals surface area contributed by atoms with Gasteiger partial charge in [0.05, 0.1) is 0 Å². The number of anilines is 1. The standard InChI is InChI=1S/C15H16N2S/c1-2-17-7-5-12(11-17)10-16-14-3-4-15-13(9-14)6-8-18-15/h3-9,11,16H,2,10H2,1H3. The first kappa shape index (κ1) is 11.4. The number of rotatable bonds is 4. The molecule has 18 heavy (non-hydrogen) atoms. The molecule has 0 aliphatic rings. The third-order valence-electron chi connectivity index (χ3n) is 3.13. The van der Waals surface area contributed by atoms with Gasteiger partial charge in [0.15, 0.2) is 0 Å². The van der Waals surface area contributed by atoms with Crippen molar-refractivity contribution >= 4 is 27.1 Å². The highest BCUT2D eigenvalue weighted by Crippen LogP contribution is 2.24. The lowest BCUT2D eigenvalue weighted by Crippen LogP contribution is -1.98. The van der Waals surface area contributed by atoms with Crippen molar-refractivity contribution in [1.29, 1.82) is 0 Å².